The Kier molecular flexibility index (Phi) is 5.14. The van der Waals surface area contributed by atoms with Crippen molar-refractivity contribution in [1.82, 2.24) is 0 Å². The van der Waals surface area contributed by atoms with Crippen molar-refractivity contribution >= 4 is 0 Å². The maximum Gasteiger partial charge on any atom is 0.251 e. The second-order valence-electron chi connectivity index (χ2n) is 6.65. The van der Waals surface area contributed by atoms with Gasteiger partial charge in [-0.2, -0.15) is 0 Å². The first kappa shape index (κ1) is 16.9. The van der Waals surface area contributed by atoms with Gasteiger partial charge in [-0.05, 0) is 38.0 Å². The fourth-order valence-corrected chi connectivity index (χ4v) is 3.81. The van der Waals surface area contributed by atoms with Gasteiger partial charge in [0.05, 0.1) is 0 Å². The van der Waals surface area contributed by atoms with Gasteiger partial charge in [0.2, 0.25) is 12.3 Å². The van der Waals surface area contributed by atoms with Crippen molar-refractivity contribution in [3.8, 4) is 0 Å². The fourth-order valence-electron chi connectivity index (χ4n) is 3.81. The van der Waals surface area contributed by atoms with E-state index in [1.807, 2.05) is 0 Å². The van der Waals surface area contributed by atoms with E-state index in [9.17, 15) is 26.3 Å². The molecule has 0 aliphatic heterocycles. The highest BCUT2D eigenvalue weighted by molar-refractivity contribution is 4.89. The summed E-state index contributed by atoms with van der Waals surface area (Å²) in [6.07, 6.45) is -2.45. The van der Waals surface area contributed by atoms with Gasteiger partial charge in [-0.1, -0.05) is 6.42 Å². The summed E-state index contributed by atoms with van der Waals surface area (Å²) < 4.78 is 80.5. The van der Waals surface area contributed by atoms with Crippen LogP contribution in [0.1, 0.15) is 57.8 Å². The van der Waals surface area contributed by atoms with Crippen LogP contribution in [0.3, 0.4) is 0 Å². The maximum absolute atomic E-state index is 13.9. The largest absolute Gasteiger partial charge is 0.251 e. The van der Waals surface area contributed by atoms with Crippen LogP contribution in [0.15, 0.2) is 0 Å². The van der Waals surface area contributed by atoms with Crippen molar-refractivity contribution in [1.29, 1.82) is 0 Å². The van der Waals surface area contributed by atoms with E-state index in [-0.39, 0.29) is 50.9 Å². The van der Waals surface area contributed by atoms with E-state index >= 15 is 0 Å². The molecule has 21 heavy (non-hydrogen) atoms. The van der Waals surface area contributed by atoms with E-state index < -0.39 is 30.1 Å². The minimum Gasteiger partial charge on any atom is -0.210 e. The van der Waals surface area contributed by atoms with Gasteiger partial charge >= 0.3 is 0 Å². The average molecular weight is 316 g/mol. The Balaban J connectivity index is 1.99. The molecule has 2 rings (SSSR count). The highest BCUT2D eigenvalue weighted by Gasteiger charge is 2.49. The molecule has 0 radical (unpaired) electrons. The molecule has 124 valence electrons. The topological polar surface area (TPSA) is 0 Å². The minimum atomic E-state index is -3.04. The molecular weight excluding hydrogens is 294 g/mol. The van der Waals surface area contributed by atoms with Crippen molar-refractivity contribution in [3.05, 3.63) is 0 Å². The van der Waals surface area contributed by atoms with Gasteiger partial charge in [0.25, 0.3) is 5.92 Å². The molecule has 2 fully saturated rings. The zero-order valence-corrected chi connectivity index (χ0v) is 11.9. The molecule has 0 heterocycles. The second-order valence-corrected chi connectivity index (χ2v) is 6.65. The summed E-state index contributed by atoms with van der Waals surface area (Å²) in [6, 6.07) is 0. The third kappa shape index (κ3) is 4.28. The molecule has 2 atom stereocenters. The van der Waals surface area contributed by atoms with E-state index in [0.29, 0.717) is 12.8 Å². The molecule has 0 nitrogen and oxygen atoms in total. The van der Waals surface area contributed by atoms with Gasteiger partial charge in [-0.25, -0.2) is 26.3 Å². The molecule has 0 aromatic rings. The molecule has 0 aromatic heterocycles. The van der Waals surface area contributed by atoms with E-state index in [2.05, 4.69) is 0 Å². The van der Waals surface area contributed by atoms with Gasteiger partial charge in [0.1, 0.15) is 0 Å². The Morgan fingerprint density at radius 2 is 1.48 bits per heavy atom. The van der Waals surface area contributed by atoms with Crippen LogP contribution in [0.5, 0.6) is 0 Å². The van der Waals surface area contributed by atoms with Crippen LogP contribution in [0.25, 0.3) is 0 Å². The van der Waals surface area contributed by atoms with Crippen LogP contribution in [0.2, 0.25) is 0 Å². The first-order chi connectivity index (χ1) is 9.71. The van der Waals surface area contributed by atoms with Crippen LogP contribution < -0.4 is 0 Å². The summed E-state index contributed by atoms with van der Waals surface area (Å²) in [4.78, 5) is 0. The summed E-state index contributed by atoms with van der Waals surface area (Å²) in [5, 5.41) is 0. The van der Waals surface area contributed by atoms with E-state index in [1.165, 1.54) is 0 Å². The van der Waals surface area contributed by atoms with Crippen LogP contribution in [-0.2, 0) is 0 Å². The third-order valence-corrected chi connectivity index (χ3v) is 5.10. The normalized spacial score (nSPS) is 31.3. The van der Waals surface area contributed by atoms with E-state index in [1.54, 1.807) is 0 Å². The Labute approximate surface area is 121 Å². The van der Waals surface area contributed by atoms with E-state index in [0.717, 1.165) is 0 Å². The monoisotopic (exact) mass is 316 g/mol. The molecule has 0 N–H and O–H groups in total. The lowest BCUT2D eigenvalue weighted by Crippen LogP contribution is -2.41. The Morgan fingerprint density at radius 3 is 2.00 bits per heavy atom. The van der Waals surface area contributed by atoms with Gasteiger partial charge in [-0.3, -0.25) is 0 Å². The number of alkyl halides is 6. The Morgan fingerprint density at radius 1 is 0.857 bits per heavy atom. The van der Waals surface area contributed by atoms with Gasteiger partial charge in [0.15, 0.2) is 0 Å². The maximum atomic E-state index is 13.9. The molecule has 6 heteroatoms. The predicted molar refractivity (Wildman–Crippen MR) is 67.9 cm³/mol. The molecule has 2 aliphatic rings. The first-order valence-corrected chi connectivity index (χ1v) is 7.75. The van der Waals surface area contributed by atoms with E-state index in [4.69, 9.17) is 0 Å². The SMILES string of the molecule is FC(F)C(CC1CCC(F)(F)CC1)C1CCCCC1(F)F. The zero-order valence-electron chi connectivity index (χ0n) is 11.9. The predicted octanol–water partition coefficient (Wildman–Crippen LogP) is 5.91. The zero-order chi connectivity index (χ0) is 15.7. The lowest BCUT2D eigenvalue weighted by Gasteiger charge is -2.39. The third-order valence-electron chi connectivity index (χ3n) is 5.10. The molecule has 0 spiro atoms. The number of rotatable bonds is 4. The minimum absolute atomic E-state index is 0.0476. The summed E-state index contributed by atoms with van der Waals surface area (Å²) >= 11 is 0. The van der Waals surface area contributed by atoms with Gasteiger partial charge < -0.3 is 0 Å². The van der Waals surface area contributed by atoms with Crippen LogP contribution in [-0.4, -0.2) is 18.3 Å². The van der Waals surface area contributed by atoms with Crippen LogP contribution >= 0.6 is 0 Å². The quantitative estimate of drug-likeness (QED) is 0.566. The Hall–Kier alpha value is -0.420. The van der Waals surface area contributed by atoms with Crippen molar-refractivity contribution in [3.63, 3.8) is 0 Å². The lowest BCUT2D eigenvalue weighted by atomic mass is 9.71. The van der Waals surface area contributed by atoms with Crippen LogP contribution in [0.4, 0.5) is 26.3 Å². The second kappa shape index (κ2) is 6.37. The smallest absolute Gasteiger partial charge is 0.210 e. The number of hydrogen-bond acceptors (Lipinski definition) is 0. The molecule has 0 amide bonds. The summed E-state index contributed by atoms with van der Waals surface area (Å²) in [6.45, 7) is 0. The Bertz CT molecular complexity index is 331. The average Bonchev–Trinajstić information content (AvgIpc) is 2.37. The fraction of sp³-hybridized carbons (Fsp3) is 1.00. The highest BCUT2D eigenvalue weighted by atomic mass is 19.3. The number of halogens is 6. The van der Waals surface area contributed by atoms with Gasteiger partial charge in [0, 0.05) is 31.1 Å². The summed E-state index contributed by atoms with van der Waals surface area (Å²) in [5.41, 5.74) is 0. The van der Waals surface area contributed by atoms with Crippen molar-refractivity contribution in [2.75, 3.05) is 0 Å². The van der Waals surface area contributed by atoms with Crippen LogP contribution in [0, 0.1) is 17.8 Å². The molecule has 0 aromatic carbocycles. The lowest BCUT2D eigenvalue weighted by molar-refractivity contribution is -0.138. The highest BCUT2D eigenvalue weighted by Crippen LogP contribution is 2.48. The standard InChI is InChI=1S/C15H22F6/c16-13(17)11(12-3-1-2-6-15(12,20)21)9-10-4-7-14(18,19)8-5-10/h10-13H,1-9H2. The summed E-state index contributed by atoms with van der Waals surface area (Å²) in [5.74, 6) is -8.70. The summed E-state index contributed by atoms with van der Waals surface area (Å²) in [7, 11) is 0. The first-order valence-electron chi connectivity index (χ1n) is 7.75. The molecule has 2 unspecified atom stereocenters. The molecule has 2 saturated carbocycles. The molecule has 0 saturated heterocycles. The van der Waals surface area contributed by atoms with Crippen molar-refractivity contribution < 1.29 is 26.3 Å². The number of hydrogen-bond donors (Lipinski definition) is 0. The van der Waals surface area contributed by atoms with Gasteiger partial charge in [-0.15, -0.1) is 0 Å². The molecular formula is C15H22F6. The molecule has 2 aliphatic carbocycles. The van der Waals surface area contributed by atoms with Crippen molar-refractivity contribution in [2.24, 2.45) is 17.8 Å². The van der Waals surface area contributed by atoms with Crippen molar-refractivity contribution in [2.45, 2.75) is 76.1 Å². The molecule has 0 bridgehead atoms.